The summed E-state index contributed by atoms with van der Waals surface area (Å²) in [4.78, 5) is 26.5. The Bertz CT molecular complexity index is 568. The third-order valence-electron chi connectivity index (χ3n) is 3.96. The van der Waals surface area contributed by atoms with Crippen LogP contribution in [0.25, 0.3) is 0 Å². The highest BCUT2D eigenvalue weighted by molar-refractivity contribution is 5.97. The lowest BCUT2D eigenvalue weighted by molar-refractivity contribution is -0.128. The number of hydrogen-bond acceptors (Lipinski definition) is 4. The van der Waals surface area contributed by atoms with Crippen molar-refractivity contribution in [2.45, 2.75) is 46.2 Å². The summed E-state index contributed by atoms with van der Waals surface area (Å²) in [6, 6.07) is 1.21. The second-order valence-electron chi connectivity index (χ2n) is 6.25. The van der Waals surface area contributed by atoms with Crippen LogP contribution >= 0.6 is 0 Å². The van der Waals surface area contributed by atoms with E-state index in [-0.39, 0.29) is 24.8 Å². The molecule has 0 unspecified atom stereocenters. The maximum atomic E-state index is 12.9. The topological polar surface area (TPSA) is 87.5 Å². The molecule has 0 aliphatic carbocycles. The number of carbonyl (C=O) groups excluding carboxylic acids is 2. The first kappa shape index (κ1) is 17.5. The third kappa shape index (κ3) is 3.90. The molecule has 23 heavy (non-hydrogen) atoms. The van der Waals surface area contributed by atoms with Crippen LogP contribution in [-0.4, -0.2) is 57.3 Å². The van der Waals surface area contributed by atoms with Crippen LogP contribution in [0.1, 0.15) is 43.4 Å². The van der Waals surface area contributed by atoms with Crippen molar-refractivity contribution >= 4 is 11.8 Å². The van der Waals surface area contributed by atoms with Gasteiger partial charge in [0.25, 0.3) is 5.91 Å². The molecule has 1 aromatic heterocycles. The van der Waals surface area contributed by atoms with Gasteiger partial charge in [0.2, 0.25) is 5.91 Å². The lowest BCUT2D eigenvalue weighted by Gasteiger charge is -2.34. The Hall–Kier alpha value is -1.89. The zero-order valence-corrected chi connectivity index (χ0v) is 14.1. The summed E-state index contributed by atoms with van der Waals surface area (Å²) in [7, 11) is 0. The fourth-order valence-corrected chi connectivity index (χ4v) is 2.92. The number of aryl methyl sites for hydroxylation is 1. The number of aliphatic hydroxyl groups excluding tert-OH is 1. The Labute approximate surface area is 136 Å². The highest BCUT2D eigenvalue weighted by Crippen LogP contribution is 2.16. The molecule has 128 valence electrons. The van der Waals surface area contributed by atoms with Crippen LogP contribution in [0.2, 0.25) is 0 Å². The van der Waals surface area contributed by atoms with E-state index < -0.39 is 6.04 Å². The standard InChI is InChI=1S/C16H26N4O3/c1-4-20-14(10-12(18-20)9-11(2)3)16(23)19-7-6-17-15(22)13(19)5-8-21/h10-11,13,21H,4-9H2,1-3H3,(H,17,22)/t13-/m0/s1. The van der Waals surface area contributed by atoms with E-state index in [0.29, 0.717) is 31.2 Å². The van der Waals surface area contributed by atoms with Crippen molar-refractivity contribution in [3.05, 3.63) is 17.5 Å². The molecule has 1 saturated heterocycles. The van der Waals surface area contributed by atoms with Gasteiger partial charge in [-0.1, -0.05) is 13.8 Å². The van der Waals surface area contributed by atoms with Crippen LogP contribution in [-0.2, 0) is 17.8 Å². The number of aliphatic hydroxyl groups is 1. The van der Waals surface area contributed by atoms with Crippen LogP contribution in [0.3, 0.4) is 0 Å². The summed E-state index contributed by atoms with van der Waals surface area (Å²) in [6.07, 6.45) is 1.06. The summed E-state index contributed by atoms with van der Waals surface area (Å²) in [5.74, 6) is 0.0623. The van der Waals surface area contributed by atoms with E-state index in [1.54, 1.807) is 9.58 Å². The first-order valence-electron chi connectivity index (χ1n) is 8.24. The number of piperazine rings is 1. The molecule has 2 rings (SSSR count). The summed E-state index contributed by atoms with van der Waals surface area (Å²) >= 11 is 0. The molecule has 0 radical (unpaired) electrons. The van der Waals surface area contributed by atoms with Crippen molar-refractivity contribution in [2.24, 2.45) is 5.92 Å². The average molecular weight is 322 g/mol. The van der Waals surface area contributed by atoms with Gasteiger partial charge in [-0.05, 0) is 31.7 Å². The predicted octanol–water partition coefficient (Wildman–Crippen LogP) is 0.425. The number of aromatic nitrogens is 2. The minimum absolute atomic E-state index is 0.131. The molecule has 1 fully saturated rings. The molecule has 1 aliphatic rings. The van der Waals surface area contributed by atoms with E-state index in [9.17, 15) is 14.7 Å². The van der Waals surface area contributed by atoms with E-state index >= 15 is 0 Å². The summed E-state index contributed by atoms with van der Waals surface area (Å²) < 4.78 is 1.70. The van der Waals surface area contributed by atoms with Crippen molar-refractivity contribution in [3.8, 4) is 0 Å². The zero-order chi connectivity index (χ0) is 17.0. The van der Waals surface area contributed by atoms with Crippen molar-refractivity contribution in [3.63, 3.8) is 0 Å². The van der Waals surface area contributed by atoms with Crippen molar-refractivity contribution < 1.29 is 14.7 Å². The van der Waals surface area contributed by atoms with Crippen molar-refractivity contribution in [2.75, 3.05) is 19.7 Å². The molecule has 0 bridgehead atoms. The van der Waals surface area contributed by atoms with Gasteiger partial charge in [-0.3, -0.25) is 14.3 Å². The Kier molecular flexibility index (Phi) is 5.76. The van der Waals surface area contributed by atoms with E-state index in [2.05, 4.69) is 24.3 Å². The summed E-state index contributed by atoms with van der Waals surface area (Å²) in [6.45, 7) is 7.51. The van der Waals surface area contributed by atoms with Gasteiger partial charge in [-0.25, -0.2) is 0 Å². The number of nitrogens with one attached hydrogen (secondary N) is 1. The number of amides is 2. The van der Waals surface area contributed by atoms with Crippen molar-refractivity contribution in [1.82, 2.24) is 20.0 Å². The van der Waals surface area contributed by atoms with Crippen LogP contribution in [0.15, 0.2) is 6.07 Å². The SMILES string of the molecule is CCn1nc(CC(C)C)cc1C(=O)N1CCNC(=O)[C@@H]1CCO. The predicted molar refractivity (Wildman–Crippen MR) is 86.0 cm³/mol. The van der Waals surface area contributed by atoms with Crippen LogP contribution < -0.4 is 5.32 Å². The highest BCUT2D eigenvalue weighted by Gasteiger charge is 2.34. The van der Waals surface area contributed by atoms with Crippen molar-refractivity contribution in [1.29, 1.82) is 0 Å². The highest BCUT2D eigenvalue weighted by atomic mass is 16.3. The van der Waals surface area contributed by atoms with Gasteiger partial charge >= 0.3 is 0 Å². The molecule has 2 heterocycles. The molecular formula is C16H26N4O3. The zero-order valence-electron chi connectivity index (χ0n) is 14.1. The lowest BCUT2D eigenvalue weighted by Crippen LogP contribution is -2.57. The van der Waals surface area contributed by atoms with Gasteiger partial charge in [-0.15, -0.1) is 0 Å². The fraction of sp³-hybridized carbons (Fsp3) is 0.688. The van der Waals surface area contributed by atoms with E-state index in [1.165, 1.54) is 0 Å². The molecule has 1 aromatic rings. The molecule has 7 heteroatoms. The summed E-state index contributed by atoms with van der Waals surface area (Å²) in [5.41, 5.74) is 1.41. The van der Waals surface area contributed by atoms with Gasteiger partial charge in [0.1, 0.15) is 11.7 Å². The van der Waals surface area contributed by atoms with Crippen LogP contribution in [0.4, 0.5) is 0 Å². The Morgan fingerprint density at radius 1 is 1.52 bits per heavy atom. The van der Waals surface area contributed by atoms with Gasteiger partial charge in [0.05, 0.1) is 5.69 Å². The molecular weight excluding hydrogens is 296 g/mol. The second-order valence-corrected chi connectivity index (χ2v) is 6.25. The number of hydrogen-bond donors (Lipinski definition) is 2. The monoisotopic (exact) mass is 322 g/mol. The Morgan fingerprint density at radius 3 is 2.87 bits per heavy atom. The molecule has 2 amide bonds. The maximum Gasteiger partial charge on any atom is 0.272 e. The molecule has 0 spiro atoms. The summed E-state index contributed by atoms with van der Waals surface area (Å²) in [5, 5.41) is 16.4. The molecule has 1 atom stereocenters. The molecule has 2 N–H and O–H groups in total. The number of carbonyl (C=O) groups is 2. The smallest absolute Gasteiger partial charge is 0.272 e. The number of nitrogens with zero attached hydrogens (tertiary/aromatic N) is 3. The van der Waals surface area contributed by atoms with Crippen LogP contribution in [0, 0.1) is 5.92 Å². The lowest BCUT2D eigenvalue weighted by atomic mass is 10.1. The Morgan fingerprint density at radius 2 is 2.26 bits per heavy atom. The normalized spacial score (nSPS) is 18.4. The first-order chi connectivity index (χ1) is 11.0. The Balaban J connectivity index is 2.27. The number of rotatable bonds is 6. The van der Waals surface area contributed by atoms with Gasteiger partial charge < -0.3 is 15.3 Å². The quantitative estimate of drug-likeness (QED) is 0.795. The van der Waals surface area contributed by atoms with E-state index in [0.717, 1.165) is 12.1 Å². The third-order valence-corrected chi connectivity index (χ3v) is 3.96. The molecule has 7 nitrogen and oxygen atoms in total. The van der Waals surface area contributed by atoms with Gasteiger partial charge in [0.15, 0.2) is 0 Å². The first-order valence-corrected chi connectivity index (χ1v) is 8.24. The largest absolute Gasteiger partial charge is 0.396 e. The average Bonchev–Trinajstić information content (AvgIpc) is 2.91. The second kappa shape index (κ2) is 7.59. The van der Waals surface area contributed by atoms with Crippen LogP contribution in [0.5, 0.6) is 0 Å². The molecule has 0 aromatic carbocycles. The molecule has 0 saturated carbocycles. The minimum Gasteiger partial charge on any atom is -0.396 e. The van der Waals surface area contributed by atoms with Gasteiger partial charge in [-0.2, -0.15) is 5.10 Å². The van der Waals surface area contributed by atoms with Gasteiger partial charge in [0, 0.05) is 26.2 Å². The minimum atomic E-state index is -0.616. The fourth-order valence-electron chi connectivity index (χ4n) is 2.92. The van der Waals surface area contributed by atoms with E-state index in [1.807, 2.05) is 13.0 Å². The molecule has 1 aliphatic heterocycles. The van der Waals surface area contributed by atoms with E-state index in [4.69, 9.17) is 0 Å². The maximum absolute atomic E-state index is 12.9.